The molecule has 94 valence electrons. The highest BCUT2D eigenvalue weighted by atomic mass is 16.3. The molecule has 1 heterocycles. The zero-order valence-electron chi connectivity index (χ0n) is 10.6. The van der Waals surface area contributed by atoms with E-state index in [-0.39, 0.29) is 6.61 Å². The maximum atomic E-state index is 8.93. The Morgan fingerprint density at radius 2 is 1.82 bits per heavy atom. The average molecular weight is 234 g/mol. The molecule has 17 heavy (non-hydrogen) atoms. The van der Waals surface area contributed by atoms with Gasteiger partial charge in [0.25, 0.3) is 0 Å². The van der Waals surface area contributed by atoms with Gasteiger partial charge < -0.3 is 10.0 Å². The summed E-state index contributed by atoms with van der Waals surface area (Å²) in [6.07, 6.45) is 1.09. The standard InChI is InChI=1S/C14H22N2O/c1-2-13-5-3-4-6-14(13)16-9-7-15(8-10-16)11-12-17/h3-6,17H,2,7-12H2,1H3. The van der Waals surface area contributed by atoms with Gasteiger partial charge >= 0.3 is 0 Å². The van der Waals surface area contributed by atoms with E-state index in [0.29, 0.717) is 0 Å². The van der Waals surface area contributed by atoms with Crippen molar-refractivity contribution in [1.82, 2.24) is 4.90 Å². The van der Waals surface area contributed by atoms with Gasteiger partial charge in [0.2, 0.25) is 0 Å². The molecule has 3 nitrogen and oxygen atoms in total. The normalized spacial score (nSPS) is 17.4. The molecule has 1 saturated heterocycles. The molecule has 0 aliphatic carbocycles. The van der Waals surface area contributed by atoms with Gasteiger partial charge in [0, 0.05) is 38.4 Å². The molecule has 0 amide bonds. The fraction of sp³-hybridized carbons (Fsp3) is 0.571. The Kier molecular flexibility index (Phi) is 4.40. The summed E-state index contributed by atoms with van der Waals surface area (Å²) in [4.78, 5) is 4.79. The van der Waals surface area contributed by atoms with Crippen LogP contribution >= 0.6 is 0 Å². The Bertz CT molecular complexity index is 346. The molecule has 1 N–H and O–H groups in total. The largest absolute Gasteiger partial charge is 0.395 e. The van der Waals surface area contributed by atoms with E-state index in [9.17, 15) is 0 Å². The number of hydrogen-bond donors (Lipinski definition) is 1. The number of anilines is 1. The first-order chi connectivity index (χ1) is 8.35. The van der Waals surface area contributed by atoms with Crippen LogP contribution in [0.1, 0.15) is 12.5 Å². The lowest BCUT2D eigenvalue weighted by Gasteiger charge is -2.36. The summed E-state index contributed by atoms with van der Waals surface area (Å²) in [7, 11) is 0. The van der Waals surface area contributed by atoms with Crippen molar-refractivity contribution in [2.45, 2.75) is 13.3 Å². The second kappa shape index (κ2) is 6.03. The number of nitrogens with zero attached hydrogens (tertiary/aromatic N) is 2. The van der Waals surface area contributed by atoms with Crippen molar-refractivity contribution in [2.24, 2.45) is 0 Å². The highest BCUT2D eigenvalue weighted by Gasteiger charge is 2.17. The van der Waals surface area contributed by atoms with Crippen LogP contribution in [0.5, 0.6) is 0 Å². The molecule has 1 aliphatic heterocycles. The van der Waals surface area contributed by atoms with Crippen LogP contribution in [0.3, 0.4) is 0 Å². The van der Waals surface area contributed by atoms with Crippen LogP contribution in [-0.2, 0) is 6.42 Å². The SMILES string of the molecule is CCc1ccccc1N1CCN(CCO)CC1. The minimum atomic E-state index is 0.269. The quantitative estimate of drug-likeness (QED) is 0.852. The molecule has 0 radical (unpaired) electrons. The number of aryl methyl sites for hydroxylation is 1. The van der Waals surface area contributed by atoms with Crippen LogP contribution in [0.15, 0.2) is 24.3 Å². The van der Waals surface area contributed by atoms with Crippen LogP contribution in [0, 0.1) is 0 Å². The van der Waals surface area contributed by atoms with E-state index in [1.807, 2.05) is 0 Å². The first-order valence-corrected chi connectivity index (χ1v) is 6.51. The number of β-amino-alcohol motifs (C(OH)–C–C–N with tert-alkyl or cyclic N) is 1. The summed E-state index contributed by atoms with van der Waals surface area (Å²) >= 11 is 0. The highest BCUT2D eigenvalue weighted by molar-refractivity contribution is 5.54. The predicted molar refractivity (Wildman–Crippen MR) is 71.6 cm³/mol. The third-order valence-corrected chi connectivity index (χ3v) is 3.50. The molecule has 3 heteroatoms. The Hall–Kier alpha value is -1.06. The highest BCUT2D eigenvalue weighted by Crippen LogP contribution is 2.22. The van der Waals surface area contributed by atoms with Crippen LogP contribution < -0.4 is 4.90 Å². The monoisotopic (exact) mass is 234 g/mol. The number of rotatable bonds is 4. The number of aliphatic hydroxyl groups is 1. The van der Waals surface area contributed by atoms with E-state index in [1.54, 1.807) is 0 Å². The number of aliphatic hydroxyl groups excluding tert-OH is 1. The van der Waals surface area contributed by atoms with Crippen molar-refractivity contribution in [3.8, 4) is 0 Å². The molecular weight excluding hydrogens is 212 g/mol. The van der Waals surface area contributed by atoms with Crippen molar-refractivity contribution in [2.75, 3.05) is 44.2 Å². The lowest BCUT2D eigenvalue weighted by atomic mass is 10.1. The molecule has 1 aromatic carbocycles. The Morgan fingerprint density at radius 1 is 1.12 bits per heavy atom. The summed E-state index contributed by atoms with van der Waals surface area (Å²) in [6, 6.07) is 8.68. The first-order valence-electron chi connectivity index (χ1n) is 6.51. The topological polar surface area (TPSA) is 26.7 Å². The molecule has 1 fully saturated rings. The summed E-state index contributed by atoms with van der Waals surface area (Å²) in [5.41, 5.74) is 2.82. The van der Waals surface area contributed by atoms with E-state index >= 15 is 0 Å². The van der Waals surface area contributed by atoms with Gasteiger partial charge in [0.15, 0.2) is 0 Å². The molecule has 1 aromatic rings. The van der Waals surface area contributed by atoms with Crippen molar-refractivity contribution >= 4 is 5.69 Å². The van der Waals surface area contributed by atoms with Crippen molar-refractivity contribution in [3.05, 3.63) is 29.8 Å². The Balaban J connectivity index is 2.00. The van der Waals surface area contributed by atoms with Crippen molar-refractivity contribution in [3.63, 3.8) is 0 Å². The predicted octanol–water partition coefficient (Wildman–Crippen LogP) is 1.36. The number of benzene rings is 1. The Labute approximate surface area is 104 Å². The first kappa shape index (κ1) is 12.4. The van der Waals surface area contributed by atoms with Gasteiger partial charge in [-0.1, -0.05) is 25.1 Å². The third-order valence-electron chi connectivity index (χ3n) is 3.50. The molecule has 2 rings (SSSR count). The van der Waals surface area contributed by atoms with Gasteiger partial charge in [-0.2, -0.15) is 0 Å². The number of piperazine rings is 1. The van der Waals surface area contributed by atoms with Gasteiger partial charge in [0.05, 0.1) is 6.61 Å². The van der Waals surface area contributed by atoms with Gasteiger partial charge in [-0.3, -0.25) is 4.90 Å². The van der Waals surface area contributed by atoms with Crippen molar-refractivity contribution < 1.29 is 5.11 Å². The summed E-state index contributed by atoms with van der Waals surface area (Å²) < 4.78 is 0. The molecule has 0 aromatic heterocycles. The summed E-state index contributed by atoms with van der Waals surface area (Å²) in [5, 5.41) is 8.93. The number of hydrogen-bond acceptors (Lipinski definition) is 3. The molecular formula is C14H22N2O. The second-order valence-electron chi connectivity index (χ2n) is 4.53. The van der Waals surface area contributed by atoms with E-state index in [0.717, 1.165) is 39.1 Å². The average Bonchev–Trinajstić information content (AvgIpc) is 2.40. The van der Waals surface area contributed by atoms with Crippen LogP contribution in [0.4, 0.5) is 5.69 Å². The van der Waals surface area contributed by atoms with Gasteiger partial charge in [-0.25, -0.2) is 0 Å². The molecule has 0 spiro atoms. The van der Waals surface area contributed by atoms with Gasteiger partial charge in [-0.15, -0.1) is 0 Å². The van der Waals surface area contributed by atoms with Gasteiger partial charge in [0.1, 0.15) is 0 Å². The molecule has 0 atom stereocenters. The van der Waals surface area contributed by atoms with Crippen molar-refractivity contribution in [1.29, 1.82) is 0 Å². The van der Waals surface area contributed by atoms with Crippen LogP contribution in [0.25, 0.3) is 0 Å². The molecule has 0 saturated carbocycles. The van der Waals surface area contributed by atoms with E-state index in [4.69, 9.17) is 5.11 Å². The minimum absolute atomic E-state index is 0.269. The smallest absolute Gasteiger partial charge is 0.0558 e. The van der Waals surface area contributed by atoms with Gasteiger partial charge in [-0.05, 0) is 18.1 Å². The van der Waals surface area contributed by atoms with E-state index in [1.165, 1.54) is 11.3 Å². The summed E-state index contributed by atoms with van der Waals surface area (Å²) in [5.74, 6) is 0. The maximum absolute atomic E-state index is 8.93. The Morgan fingerprint density at radius 3 is 2.47 bits per heavy atom. The fourth-order valence-corrected chi connectivity index (χ4v) is 2.47. The summed E-state index contributed by atoms with van der Waals surface area (Å²) in [6.45, 7) is 7.53. The second-order valence-corrected chi connectivity index (χ2v) is 4.53. The third kappa shape index (κ3) is 2.99. The van der Waals surface area contributed by atoms with E-state index < -0.39 is 0 Å². The fourth-order valence-electron chi connectivity index (χ4n) is 2.47. The molecule has 0 bridgehead atoms. The molecule has 0 unspecified atom stereocenters. The van der Waals surface area contributed by atoms with E-state index in [2.05, 4.69) is 41.0 Å². The maximum Gasteiger partial charge on any atom is 0.0558 e. The molecule has 1 aliphatic rings. The number of para-hydroxylation sites is 1. The van der Waals surface area contributed by atoms with Crippen LogP contribution in [0.2, 0.25) is 0 Å². The van der Waals surface area contributed by atoms with Crippen LogP contribution in [-0.4, -0.2) is 49.3 Å². The minimum Gasteiger partial charge on any atom is -0.395 e. The lowest BCUT2D eigenvalue weighted by molar-refractivity contribution is 0.188. The zero-order valence-corrected chi connectivity index (χ0v) is 10.6. The zero-order chi connectivity index (χ0) is 12.1. The lowest BCUT2D eigenvalue weighted by Crippen LogP contribution is -2.47.